The molecular formula is C28H38N4O3. The Labute approximate surface area is 209 Å². The molecule has 0 bridgehead atoms. The molecule has 0 saturated carbocycles. The van der Waals surface area contributed by atoms with Crippen LogP contribution in [0.15, 0.2) is 42.5 Å². The van der Waals surface area contributed by atoms with Crippen LogP contribution < -0.4 is 14.8 Å². The molecule has 2 N–H and O–H groups in total. The van der Waals surface area contributed by atoms with Gasteiger partial charge in [-0.3, -0.25) is 4.90 Å². The maximum Gasteiger partial charge on any atom is 0.132 e. The van der Waals surface area contributed by atoms with E-state index in [0.29, 0.717) is 29.0 Å². The van der Waals surface area contributed by atoms with E-state index in [-0.39, 0.29) is 6.04 Å². The van der Waals surface area contributed by atoms with Crippen molar-refractivity contribution in [3.05, 3.63) is 53.6 Å². The highest BCUT2D eigenvalue weighted by atomic mass is 16.5. The summed E-state index contributed by atoms with van der Waals surface area (Å²) in [5.41, 5.74) is 2.35. The molecule has 2 aromatic rings. The summed E-state index contributed by atoms with van der Waals surface area (Å²) in [4.78, 5) is 4.73. The van der Waals surface area contributed by atoms with Crippen LogP contribution in [0.3, 0.4) is 0 Å². The summed E-state index contributed by atoms with van der Waals surface area (Å²) in [6.45, 7) is 3.12. The van der Waals surface area contributed by atoms with Gasteiger partial charge in [-0.15, -0.1) is 0 Å². The second-order valence-corrected chi connectivity index (χ2v) is 9.81. The van der Waals surface area contributed by atoms with E-state index in [1.807, 2.05) is 42.5 Å². The number of hydrogen-bond donors (Lipinski definition) is 2. The van der Waals surface area contributed by atoms with Gasteiger partial charge in [0.15, 0.2) is 0 Å². The molecule has 7 heteroatoms. The number of ether oxygens (including phenoxy) is 2. The van der Waals surface area contributed by atoms with Gasteiger partial charge in [0.2, 0.25) is 0 Å². The summed E-state index contributed by atoms with van der Waals surface area (Å²) in [5.74, 6) is 1.96. The van der Waals surface area contributed by atoms with Crippen molar-refractivity contribution >= 4 is 5.69 Å². The molecule has 0 radical (unpaired) electrons. The van der Waals surface area contributed by atoms with Crippen molar-refractivity contribution in [1.29, 1.82) is 5.26 Å². The Morgan fingerprint density at radius 1 is 0.971 bits per heavy atom. The second-order valence-electron chi connectivity index (χ2n) is 9.81. The smallest absolute Gasteiger partial charge is 0.132 e. The van der Waals surface area contributed by atoms with Crippen molar-refractivity contribution in [2.75, 3.05) is 46.2 Å². The molecule has 2 fully saturated rings. The van der Waals surface area contributed by atoms with Crippen LogP contribution in [0, 0.1) is 17.2 Å². The van der Waals surface area contributed by atoms with Crippen LogP contribution >= 0.6 is 0 Å². The van der Waals surface area contributed by atoms with Crippen LogP contribution in [0.4, 0.5) is 5.69 Å². The highest BCUT2D eigenvalue weighted by Gasteiger charge is 2.38. The zero-order valence-electron chi connectivity index (χ0n) is 21.1. The van der Waals surface area contributed by atoms with Crippen molar-refractivity contribution in [2.24, 2.45) is 5.92 Å². The molecule has 0 spiro atoms. The molecule has 7 nitrogen and oxygen atoms in total. The van der Waals surface area contributed by atoms with Gasteiger partial charge in [0.05, 0.1) is 31.9 Å². The van der Waals surface area contributed by atoms with E-state index in [2.05, 4.69) is 28.2 Å². The third kappa shape index (κ3) is 6.07. The van der Waals surface area contributed by atoms with Crippen LogP contribution in [0.1, 0.15) is 49.3 Å². The molecule has 35 heavy (non-hydrogen) atoms. The molecule has 3 atom stereocenters. The molecule has 2 aliphatic heterocycles. The SMILES string of the molecule is COc1cc(NC(c2ccc(C#N)cc2)C(O)N2CCCCC2C2CCN(C)CC2)cc(OC)c1. The van der Waals surface area contributed by atoms with Crippen molar-refractivity contribution in [3.8, 4) is 17.6 Å². The van der Waals surface area contributed by atoms with Crippen LogP contribution in [-0.2, 0) is 0 Å². The molecule has 2 aromatic carbocycles. The number of nitriles is 1. The first-order valence-corrected chi connectivity index (χ1v) is 12.6. The first kappa shape index (κ1) is 25.3. The first-order valence-electron chi connectivity index (χ1n) is 12.6. The molecule has 0 aromatic heterocycles. The zero-order valence-corrected chi connectivity index (χ0v) is 21.1. The maximum absolute atomic E-state index is 11.9. The average Bonchev–Trinajstić information content (AvgIpc) is 2.91. The topological polar surface area (TPSA) is 81.0 Å². The molecule has 0 aliphatic carbocycles. The molecule has 188 valence electrons. The Morgan fingerprint density at radius 3 is 2.23 bits per heavy atom. The van der Waals surface area contributed by atoms with E-state index >= 15 is 0 Å². The molecular weight excluding hydrogens is 440 g/mol. The molecule has 4 rings (SSSR count). The van der Waals surface area contributed by atoms with Gasteiger partial charge in [0, 0.05) is 36.5 Å². The lowest BCUT2D eigenvalue weighted by Crippen LogP contribution is -2.54. The molecule has 2 heterocycles. The minimum absolute atomic E-state index is 0.370. The fourth-order valence-electron chi connectivity index (χ4n) is 5.58. The highest BCUT2D eigenvalue weighted by Crippen LogP contribution is 2.36. The molecule has 3 unspecified atom stereocenters. The molecule has 2 aliphatic rings. The maximum atomic E-state index is 11.9. The van der Waals surface area contributed by atoms with E-state index < -0.39 is 6.23 Å². The lowest BCUT2D eigenvalue weighted by Gasteiger charge is -2.47. The Bertz CT molecular complexity index is 976. The Balaban J connectivity index is 1.64. The van der Waals surface area contributed by atoms with E-state index in [4.69, 9.17) is 9.47 Å². The number of anilines is 1. The number of rotatable bonds is 8. The fraction of sp³-hybridized carbons (Fsp3) is 0.536. The van der Waals surface area contributed by atoms with Gasteiger partial charge < -0.3 is 24.8 Å². The number of piperidine rings is 2. The summed E-state index contributed by atoms with van der Waals surface area (Å²) in [5, 5.41) is 24.7. The molecule has 2 saturated heterocycles. The third-order valence-corrected chi connectivity index (χ3v) is 7.61. The number of benzene rings is 2. The number of methoxy groups -OCH3 is 2. The summed E-state index contributed by atoms with van der Waals surface area (Å²) in [6, 6.07) is 15.3. The van der Waals surface area contributed by atoms with E-state index in [1.165, 1.54) is 19.3 Å². The Kier molecular flexibility index (Phi) is 8.50. The Hall–Kier alpha value is -2.79. The number of aliphatic hydroxyl groups excluding tert-OH is 1. The number of hydrogen-bond acceptors (Lipinski definition) is 7. The fourth-order valence-corrected chi connectivity index (χ4v) is 5.58. The summed E-state index contributed by atoms with van der Waals surface area (Å²) in [7, 11) is 5.45. The largest absolute Gasteiger partial charge is 0.497 e. The number of nitrogens with one attached hydrogen (secondary N) is 1. The van der Waals surface area contributed by atoms with Crippen molar-refractivity contribution in [2.45, 2.75) is 50.4 Å². The highest BCUT2D eigenvalue weighted by molar-refractivity contribution is 5.55. The predicted molar refractivity (Wildman–Crippen MR) is 138 cm³/mol. The van der Waals surface area contributed by atoms with Crippen LogP contribution in [0.2, 0.25) is 0 Å². The number of likely N-dealkylation sites (tertiary alicyclic amines) is 2. The van der Waals surface area contributed by atoms with E-state index in [1.54, 1.807) is 14.2 Å². The van der Waals surface area contributed by atoms with Gasteiger partial charge in [-0.1, -0.05) is 18.6 Å². The average molecular weight is 479 g/mol. The number of aliphatic hydroxyl groups is 1. The monoisotopic (exact) mass is 478 g/mol. The summed E-state index contributed by atoms with van der Waals surface area (Å²) in [6.07, 6.45) is 5.05. The van der Waals surface area contributed by atoms with Crippen LogP contribution in [0.25, 0.3) is 0 Å². The normalized spacial score (nSPS) is 21.6. The summed E-state index contributed by atoms with van der Waals surface area (Å²) >= 11 is 0. The van der Waals surface area contributed by atoms with Gasteiger partial charge in [0.25, 0.3) is 0 Å². The molecule has 0 amide bonds. The summed E-state index contributed by atoms with van der Waals surface area (Å²) < 4.78 is 10.9. The Morgan fingerprint density at radius 2 is 1.63 bits per heavy atom. The first-order chi connectivity index (χ1) is 17.0. The second kappa shape index (κ2) is 11.8. The van der Waals surface area contributed by atoms with Crippen molar-refractivity contribution < 1.29 is 14.6 Å². The predicted octanol–water partition coefficient (Wildman–Crippen LogP) is 4.24. The minimum Gasteiger partial charge on any atom is -0.497 e. The van der Waals surface area contributed by atoms with Gasteiger partial charge in [-0.05, 0) is 69.4 Å². The van der Waals surface area contributed by atoms with Crippen molar-refractivity contribution in [1.82, 2.24) is 9.80 Å². The third-order valence-electron chi connectivity index (χ3n) is 7.61. The van der Waals surface area contributed by atoms with Crippen LogP contribution in [0.5, 0.6) is 11.5 Å². The minimum atomic E-state index is -0.718. The number of nitrogens with zero attached hydrogens (tertiary/aromatic N) is 3. The van der Waals surface area contributed by atoms with E-state index in [9.17, 15) is 10.4 Å². The van der Waals surface area contributed by atoms with E-state index in [0.717, 1.165) is 43.7 Å². The quantitative estimate of drug-likeness (QED) is 0.587. The van der Waals surface area contributed by atoms with Gasteiger partial charge in [-0.2, -0.15) is 5.26 Å². The van der Waals surface area contributed by atoms with Crippen molar-refractivity contribution in [3.63, 3.8) is 0 Å². The zero-order chi connectivity index (χ0) is 24.8. The van der Waals surface area contributed by atoms with Gasteiger partial charge in [0.1, 0.15) is 17.7 Å². The van der Waals surface area contributed by atoms with Gasteiger partial charge in [-0.25, -0.2) is 0 Å². The van der Waals surface area contributed by atoms with Gasteiger partial charge >= 0.3 is 0 Å². The van der Waals surface area contributed by atoms with Crippen LogP contribution in [-0.4, -0.2) is 68.1 Å². The lowest BCUT2D eigenvalue weighted by molar-refractivity contribution is -0.0737. The lowest BCUT2D eigenvalue weighted by atomic mass is 9.83. The standard InChI is InChI=1S/C28H38N4O3/c1-31-14-11-21(12-15-31)26-6-4-5-13-32(26)28(33)27(22-9-7-20(19-29)8-10-22)30-23-16-24(34-2)18-25(17-23)35-3/h7-10,16-18,21,26-28,30,33H,4-6,11-15H2,1-3H3.